The minimum Gasteiger partial charge on any atom is -0.349 e. The van der Waals surface area contributed by atoms with E-state index in [1.165, 1.54) is 42.2 Å². The number of hydrogen-bond donors (Lipinski definition) is 2. The number of carbonyl (C=O) groups excluding carboxylic acids is 2. The Morgan fingerprint density at radius 1 is 1.04 bits per heavy atom. The van der Waals surface area contributed by atoms with Crippen LogP contribution in [0.5, 0.6) is 0 Å². The van der Waals surface area contributed by atoms with Crippen LogP contribution in [0.4, 0.5) is 36.4 Å². The van der Waals surface area contributed by atoms with Crippen LogP contribution in [0, 0.1) is 6.92 Å². The Bertz CT molecular complexity index is 1780. The second-order valence-corrected chi connectivity index (χ2v) is 11.9. The van der Waals surface area contributed by atoms with Crippen molar-refractivity contribution in [1.29, 1.82) is 0 Å². The summed E-state index contributed by atoms with van der Waals surface area (Å²) in [5, 5.41) is 15.9. The maximum Gasteiger partial charge on any atom is 0.437 e. The van der Waals surface area contributed by atoms with Crippen LogP contribution >= 0.6 is 35.0 Å². The molecule has 0 aliphatic heterocycles. The van der Waals surface area contributed by atoms with Crippen LogP contribution in [0.1, 0.15) is 44.7 Å². The van der Waals surface area contributed by atoms with Crippen molar-refractivity contribution >= 4 is 52.5 Å². The molecule has 0 saturated carbocycles. The highest BCUT2D eigenvalue weighted by Gasteiger charge is 2.75. The number of nitrogens with one attached hydrogen (secondary N) is 2. The first-order chi connectivity index (χ1) is 21.9. The van der Waals surface area contributed by atoms with E-state index < -0.39 is 42.1 Å². The number of pyridine rings is 1. The molecule has 252 valence electrons. The Hall–Kier alpha value is -3.90. The lowest BCUT2D eigenvalue weighted by Crippen LogP contribution is -2.50. The van der Waals surface area contributed by atoms with Crippen molar-refractivity contribution in [3.63, 3.8) is 0 Å². The molecule has 3 heterocycles. The summed E-state index contributed by atoms with van der Waals surface area (Å²) in [7, 11) is 0. The zero-order valence-corrected chi connectivity index (χ0v) is 26.7. The first-order valence-electron chi connectivity index (χ1n) is 13.2. The van der Waals surface area contributed by atoms with E-state index in [1.807, 2.05) is 6.26 Å². The topological polar surface area (TPSA) is 120 Å². The molecule has 0 saturated heterocycles. The van der Waals surface area contributed by atoms with Gasteiger partial charge in [-0.2, -0.15) is 43.2 Å². The van der Waals surface area contributed by atoms with Crippen molar-refractivity contribution in [2.45, 2.75) is 44.5 Å². The van der Waals surface area contributed by atoms with Gasteiger partial charge in [0, 0.05) is 23.0 Å². The summed E-state index contributed by atoms with van der Waals surface area (Å²) in [5.41, 5.74) is -7.70. The lowest BCUT2D eigenvalue weighted by molar-refractivity contribution is -0.350. The highest BCUT2D eigenvalue weighted by molar-refractivity contribution is 7.98. The van der Waals surface area contributed by atoms with Gasteiger partial charge in [-0.3, -0.25) is 9.59 Å². The number of aromatic nitrogens is 6. The molecule has 0 radical (unpaired) electrons. The van der Waals surface area contributed by atoms with E-state index in [2.05, 4.69) is 31.0 Å². The molecule has 0 unspecified atom stereocenters. The van der Waals surface area contributed by atoms with Crippen molar-refractivity contribution in [3.05, 3.63) is 81.0 Å². The summed E-state index contributed by atoms with van der Waals surface area (Å²) in [6.45, 7) is 2.73. The summed E-state index contributed by atoms with van der Waals surface area (Å²) >= 11 is 14.0. The van der Waals surface area contributed by atoms with Gasteiger partial charge in [-0.1, -0.05) is 28.4 Å². The number of thioether (sulfide) groups is 1. The van der Waals surface area contributed by atoms with Gasteiger partial charge in [0.15, 0.2) is 5.82 Å². The zero-order valence-electron chi connectivity index (χ0n) is 24.3. The van der Waals surface area contributed by atoms with Gasteiger partial charge in [-0.25, -0.2) is 18.7 Å². The molecule has 10 nitrogen and oxygen atoms in total. The maximum atomic E-state index is 14.5. The van der Waals surface area contributed by atoms with Crippen LogP contribution in [-0.2, 0) is 12.2 Å². The molecule has 0 fully saturated rings. The van der Waals surface area contributed by atoms with E-state index in [1.54, 1.807) is 13.8 Å². The number of rotatable bonds is 10. The van der Waals surface area contributed by atoms with E-state index >= 15 is 0 Å². The van der Waals surface area contributed by atoms with Crippen LogP contribution in [0.3, 0.4) is 0 Å². The molecule has 3 aromatic heterocycles. The molecule has 47 heavy (non-hydrogen) atoms. The van der Waals surface area contributed by atoms with Gasteiger partial charge in [0.25, 0.3) is 11.8 Å². The second kappa shape index (κ2) is 13.7. The summed E-state index contributed by atoms with van der Waals surface area (Å²) in [4.78, 5) is 31.0. The summed E-state index contributed by atoms with van der Waals surface area (Å²) in [6, 6.07) is 6.67. The molecular formula is C27H23Cl2F7N8O2S. The highest BCUT2D eigenvalue weighted by atomic mass is 35.5. The van der Waals surface area contributed by atoms with Crippen LogP contribution in [0.25, 0.3) is 5.82 Å². The fraction of sp³-hybridized carbons (Fsp3) is 0.333. The number of amides is 2. The third kappa shape index (κ3) is 7.49. The molecule has 1 atom stereocenters. The van der Waals surface area contributed by atoms with Crippen molar-refractivity contribution in [2.75, 3.05) is 17.3 Å². The number of aryl methyl sites for hydroxylation is 1. The lowest BCUT2D eigenvalue weighted by Gasteiger charge is -2.27. The normalized spacial score (nSPS) is 13.0. The van der Waals surface area contributed by atoms with E-state index in [4.69, 9.17) is 23.2 Å². The molecule has 2 amide bonds. The van der Waals surface area contributed by atoms with Gasteiger partial charge in [-0.15, -0.1) is 5.10 Å². The summed E-state index contributed by atoms with van der Waals surface area (Å²) < 4.78 is 95.2. The highest BCUT2D eigenvalue weighted by Crippen LogP contribution is 2.52. The molecule has 20 heteroatoms. The summed E-state index contributed by atoms with van der Waals surface area (Å²) in [6.07, 6.45) is -9.46. The second-order valence-electron chi connectivity index (χ2n) is 10.1. The molecule has 0 aliphatic carbocycles. The molecular weight excluding hydrogens is 704 g/mol. The number of halogens is 9. The maximum absolute atomic E-state index is 14.5. The Balaban J connectivity index is 1.74. The predicted octanol–water partition coefficient (Wildman–Crippen LogP) is 6.55. The Labute approximate surface area is 276 Å². The van der Waals surface area contributed by atoms with Crippen molar-refractivity contribution in [1.82, 2.24) is 35.1 Å². The molecule has 0 spiro atoms. The van der Waals surface area contributed by atoms with E-state index in [9.17, 15) is 40.3 Å². The largest absolute Gasteiger partial charge is 0.437 e. The van der Waals surface area contributed by atoms with Crippen molar-refractivity contribution < 1.29 is 40.3 Å². The van der Waals surface area contributed by atoms with Crippen molar-refractivity contribution in [3.8, 4) is 5.82 Å². The third-order valence-electron chi connectivity index (χ3n) is 6.51. The van der Waals surface area contributed by atoms with Crippen LogP contribution in [0.2, 0.25) is 10.0 Å². The third-order valence-corrected chi connectivity index (χ3v) is 7.85. The molecule has 1 aromatic carbocycles. The van der Waals surface area contributed by atoms with Gasteiger partial charge in [0.2, 0.25) is 0 Å². The van der Waals surface area contributed by atoms with Gasteiger partial charge in [0.05, 0.1) is 34.7 Å². The number of anilines is 1. The Morgan fingerprint density at radius 3 is 2.34 bits per heavy atom. The SMILES string of the molecule is CSC[C@H](C)NC(=O)c1cc(Cl)cc(C)c1NC(=O)c1cc(Cn2cc(C(F)(C(F)(F)F)C(F)(F)F)nn2)nn1-c1ncccc1Cl. The van der Waals surface area contributed by atoms with Crippen LogP contribution in [0.15, 0.2) is 42.7 Å². The monoisotopic (exact) mass is 726 g/mol. The summed E-state index contributed by atoms with van der Waals surface area (Å²) in [5.74, 6) is -0.860. The lowest BCUT2D eigenvalue weighted by atomic mass is 10.0. The van der Waals surface area contributed by atoms with Gasteiger partial charge < -0.3 is 10.6 Å². The van der Waals surface area contributed by atoms with Crippen LogP contribution in [-0.4, -0.2) is 72.0 Å². The van der Waals surface area contributed by atoms with E-state index in [0.717, 1.165) is 10.7 Å². The number of hydrogen-bond acceptors (Lipinski definition) is 7. The van der Waals surface area contributed by atoms with Gasteiger partial charge in [0.1, 0.15) is 11.4 Å². The zero-order chi connectivity index (χ0) is 34.9. The first kappa shape index (κ1) is 35.9. The first-order valence-corrected chi connectivity index (χ1v) is 15.4. The molecule has 4 aromatic rings. The fourth-order valence-electron chi connectivity index (χ4n) is 4.37. The van der Waals surface area contributed by atoms with Gasteiger partial charge in [-0.05, 0) is 56.0 Å². The number of alkyl halides is 7. The molecule has 0 aliphatic rings. The molecule has 2 N–H and O–H groups in total. The molecule has 4 rings (SSSR count). The Kier molecular flexibility index (Phi) is 10.5. The quantitative estimate of drug-likeness (QED) is 0.178. The van der Waals surface area contributed by atoms with Crippen molar-refractivity contribution in [2.24, 2.45) is 0 Å². The fourth-order valence-corrected chi connectivity index (χ4v) is 5.43. The average molecular weight is 727 g/mol. The standard InChI is InChI=1S/C27H23Cl2F7N8O2S/c1-13-7-15(28)8-17(23(45)38-14(2)12-47-3)21(13)39-24(46)19-9-16(41-44(19)22-18(29)5-4-6-37-22)10-43-11-20(40-42-43)25(30,26(31,32)33)27(34,35)36/h4-9,11,14H,10,12H2,1-3H3,(H,38,45)(H,39,46)/t14-/m0/s1. The van der Waals surface area contributed by atoms with E-state index in [0.29, 0.717) is 16.0 Å². The smallest absolute Gasteiger partial charge is 0.349 e. The minimum absolute atomic E-state index is 0.0160. The average Bonchev–Trinajstić information content (AvgIpc) is 3.60. The van der Waals surface area contributed by atoms with E-state index in [-0.39, 0.29) is 50.7 Å². The predicted molar refractivity (Wildman–Crippen MR) is 160 cm³/mol. The number of carbonyl (C=O) groups is 2. The van der Waals surface area contributed by atoms with Gasteiger partial charge >= 0.3 is 18.0 Å². The number of benzene rings is 1. The Morgan fingerprint density at radius 2 is 1.72 bits per heavy atom. The number of nitrogens with zero attached hydrogens (tertiary/aromatic N) is 6. The minimum atomic E-state index is -6.39. The van der Waals surface area contributed by atoms with Crippen LogP contribution < -0.4 is 10.6 Å². The molecule has 0 bridgehead atoms.